The number of halogens is 2. The van der Waals surface area contributed by atoms with Gasteiger partial charge in [-0.15, -0.1) is 11.3 Å². The van der Waals surface area contributed by atoms with Crippen molar-refractivity contribution in [2.75, 3.05) is 36.4 Å². The molecule has 172 valence electrons. The lowest BCUT2D eigenvalue weighted by Crippen LogP contribution is -2.49. The molecule has 0 bridgehead atoms. The topological polar surface area (TPSA) is 52.7 Å². The van der Waals surface area contributed by atoms with E-state index in [1.54, 1.807) is 24.3 Å². The molecule has 0 spiro atoms. The lowest BCUT2D eigenvalue weighted by molar-refractivity contribution is 0.0746. The Morgan fingerprint density at radius 1 is 0.824 bits per heavy atom. The first-order chi connectivity index (χ1) is 16.5. The van der Waals surface area contributed by atoms with Crippen molar-refractivity contribution in [3.8, 4) is 0 Å². The van der Waals surface area contributed by atoms with Crippen molar-refractivity contribution < 1.29 is 9.59 Å². The first-order valence-electron chi connectivity index (χ1n) is 10.9. The van der Waals surface area contributed by atoms with Gasteiger partial charge in [0, 0.05) is 46.9 Å². The van der Waals surface area contributed by atoms with E-state index < -0.39 is 0 Å². The minimum Gasteiger partial charge on any atom is -0.366 e. The summed E-state index contributed by atoms with van der Waals surface area (Å²) in [5.74, 6) is -0.229. The molecule has 2 heterocycles. The molecule has 2 amide bonds. The number of amides is 2. The predicted octanol–water partition coefficient (Wildman–Crippen LogP) is 6.42. The molecule has 0 aliphatic carbocycles. The Kier molecular flexibility index (Phi) is 6.46. The zero-order valence-corrected chi connectivity index (χ0v) is 20.5. The van der Waals surface area contributed by atoms with E-state index in [0.717, 1.165) is 21.5 Å². The monoisotopic (exact) mass is 509 g/mol. The first-order valence-corrected chi connectivity index (χ1v) is 12.5. The summed E-state index contributed by atoms with van der Waals surface area (Å²) < 4.78 is 0.979. The first kappa shape index (κ1) is 22.7. The average molecular weight is 510 g/mol. The molecule has 4 aromatic rings. The molecule has 0 radical (unpaired) electrons. The number of thiophene rings is 1. The fourth-order valence-electron chi connectivity index (χ4n) is 4.12. The van der Waals surface area contributed by atoms with E-state index in [9.17, 15) is 9.59 Å². The molecule has 1 N–H and O–H groups in total. The number of benzene rings is 3. The van der Waals surface area contributed by atoms with E-state index in [1.165, 1.54) is 11.3 Å². The average Bonchev–Trinajstić information content (AvgIpc) is 3.21. The van der Waals surface area contributed by atoms with E-state index in [4.69, 9.17) is 23.2 Å². The Balaban J connectivity index is 1.30. The van der Waals surface area contributed by atoms with Crippen LogP contribution in [0.15, 0.2) is 72.8 Å². The molecule has 1 fully saturated rings. The number of para-hydroxylation sites is 2. The maximum atomic E-state index is 13.1. The Bertz CT molecular complexity index is 1360. The molecule has 1 aromatic heterocycles. The van der Waals surface area contributed by atoms with Crippen LogP contribution < -0.4 is 10.2 Å². The summed E-state index contributed by atoms with van der Waals surface area (Å²) in [6.45, 7) is 2.50. The second kappa shape index (κ2) is 9.66. The van der Waals surface area contributed by atoms with Gasteiger partial charge in [-0.3, -0.25) is 9.59 Å². The van der Waals surface area contributed by atoms with E-state index in [2.05, 4.69) is 10.2 Å². The number of fused-ring (bicyclic) bond motifs is 1. The van der Waals surface area contributed by atoms with Crippen molar-refractivity contribution in [3.63, 3.8) is 0 Å². The SMILES string of the molecule is O=C(Nc1ccccc1N1CCN(C(=O)c2ccc(Cl)cc2)CC1)c1sc2ccccc2c1Cl. The van der Waals surface area contributed by atoms with Crippen LogP contribution in [0.25, 0.3) is 10.1 Å². The second-order valence-electron chi connectivity index (χ2n) is 8.00. The highest BCUT2D eigenvalue weighted by Gasteiger charge is 2.24. The molecule has 34 heavy (non-hydrogen) atoms. The quantitative estimate of drug-likeness (QED) is 0.345. The van der Waals surface area contributed by atoms with E-state index in [-0.39, 0.29) is 11.8 Å². The van der Waals surface area contributed by atoms with E-state index >= 15 is 0 Å². The van der Waals surface area contributed by atoms with Gasteiger partial charge in [0.15, 0.2) is 0 Å². The Morgan fingerprint density at radius 3 is 2.24 bits per heavy atom. The van der Waals surface area contributed by atoms with Crippen LogP contribution in [0.5, 0.6) is 0 Å². The van der Waals surface area contributed by atoms with Gasteiger partial charge >= 0.3 is 0 Å². The van der Waals surface area contributed by atoms with Crippen LogP contribution in [-0.2, 0) is 0 Å². The summed E-state index contributed by atoms with van der Waals surface area (Å²) in [7, 11) is 0. The van der Waals surface area contributed by atoms with Crippen molar-refractivity contribution in [2.24, 2.45) is 0 Å². The van der Waals surface area contributed by atoms with Crippen LogP contribution in [0.2, 0.25) is 10.0 Å². The number of carbonyl (C=O) groups excluding carboxylic acids is 2. The largest absolute Gasteiger partial charge is 0.366 e. The molecular weight excluding hydrogens is 489 g/mol. The third-order valence-corrected chi connectivity index (χ3v) is 7.82. The fraction of sp³-hybridized carbons (Fsp3) is 0.154. The van der Waals surface area contributed by atoms with E-state index in [0.29, 0.717) is 46.7 Å². The van der Waals surface area contributed by atoms with Crippen molar-refractivity contribution in [3.05, 3.63) is 93.3 Å². The van der Waals surface area contributed by atoms with E-state index in [1.807, 2.05) is 53.4 Å². The normalized spacial score (nSPS) is 13.8. The molecule has 5 rings (SSSR count). The minimum atomic E-state index is -0.227. The zero-order valence-electron chi connectivity index (χ0n) is 18.1. The van der Waals surface area contributed by atoms with Gasteiger partial charge in [0.05, 0.1) is 16.4 Å². The van der Waals surface area contributed by atoms with Gasteiger partial charge in [-0.1, -0.05) is 53.5 Å². The summed E-state index contributed by atoms with van der Waals surface area (Å²) in [5.41, 5.74) is 2.27. The summed E-state index contributed by atoms with van der Waals surface area (Å²) in [5, 5.41) is 5.01. The number of nitrogens with zero attached hydrogens (tertiary/aromatic N) is 2. The zero-order chi connectivity index (χ0) is 23.7. The number of rotatable bonds is 4. The molecule has 8 heteroatoms. The summed E-state index contributed by atoms with van der Waals surface area (Å²) in [4.78, 5) is 30.5. The van der Waals surface area contributed by atoms with Crippen LogP contribution in [0.4, 0.5) is 11.4 Å². The van der Waals surface area contributed by atoms with Crippen molar-refractivity contribution in [1.82, 2.24) is 4.90 Å². The molecule has 0 unspecified atom stereocenters. The summed E-state index contributed by atoms with van der Waals surface area (Å²) in [6, 6.07) is 22.4. The molecule has 5 nitrogen and oxygen atoms in total. The lowest BCUT2D eigenvalue weighted by atomic mass is 10.1. The predicted molar refractivity (Wildman–Crippen MR) is 141 cm³/mol. The smallest absolute Gasteiger partial charge is 0.267 e. The highest BCUT2D eigenvalue weighted by Crippen LogP contribution is 2.36. The number of carbonyl (C=O) groups is 2. The third kappa shape index (κ3) is 4.49. The van der Waals surface area contributed by atoms with Gasteiger partial charge in [0.1, 0.15) is 4.88 Å². The number of nitrogens with one attached hydrogen (secondary N) is 1. The third-order valence-electron chi connectivity index (χ3n) is 5.89. The summed E-state index contributed by atoms with van der Waals surface area (Å²) >= 11 is 13.8. The van der Waals surface area contributed by atoms with Crippen molar-refractivity contribution in [2.45, 2.75) is 0 Å². The Labute approximate surface area is 211 Å². The lowest BCUT2D eigenvalue weighted by Gasteiger charge is -2.37. The van der Waals surface area contributed by atoms with Crippen LogP contribution in [0.3, 0.4) is 0 Å². The Morgan fingerprint density at radius 2 is 1.50 bits per heavy atom. The van der Waals surface area contributed by atoms with Gasteiger partial charge in [0.25, 0.3) is 11.8 Å². The van der Waals surface area contributed by atoms with Crippen molar-refractivity contribution >= 4 is 67.8 Å². The fourth-order valence-corrected chi connectivity index (χ4v) is 5.66. The van der Waals surface area contributed by atoms with Gasteiger partial charge < -0.3 is 15.1 Å². The summed E-state index contributed by atoms with van der Waals surface area (Å²) in [6.07, 6.45) is 0. The number of hydrogen-bond donors (Lipinski definition) is 1. The van der Waals surface area contributed by atoms with Gasteiger partial charge in [0.2, 0.25) is 0 Å². The second-order valence-corrected chi connectivity index (χ2v) is 9.87. The molecule has 1 aliphatic heterocycles. The van der Waals surface area contributed by atoms with Crippen LogP contribution in [0, 0.1) is 0 Å². The molecule has 0 atom stereocenters. The standard InChI is InChI=1S/C26H21Cl2N3O2S/c27-18-11-9-17(10-12-18)26(33)31-15-13-30(14-16-31)21-7-3-2-6-20(21)29-25(32)24-23(28)19-5-1-4-8-22(19)34-24/h1-12H,13-16H2,(H,29,32). The van der Waals surface area contributed by atoms with Crippen LogP contribution in [0.1, 0.15) is 20.0 Å². The number of anilines is 2. The highest BCUT2D eigenvalue weighted by molar-refractivity contribution is 7.21. The Hall–Kier alpha value is -3.06. The number of piperazine rings is 1. The maximum Gasteiger partial charge on any atom is 0.267 e. The highest BCUT2D eigenvalue weighted by atomic mass is 35.5. The molecule has 1 saturated heterocycles. The minimum absolute atomic E-state index is 0.00249. The van der Waals surface area contributed by atoms with Gasteiger partial charge in [-0.2, -0.15) is 0 Å². The molecule has 1 aliphatic rings. The van der Waals surface area contributed by atoms with Gasteiger partial charge in [-0.25, -0.2) is 0 Å². The number of hydrogen-bond acceptors (Lipinski definition) is 4. The van der Waals surface area contributed by atoms with Gasteiger partial charge in [-0.05, 0) is 42.5 Å². The molecule has 0 saturated carbocycles. The maximum absolute atomic E-state index is 13.1. The van der Waals surface area contributed by atoms with Crippen LogP contribution in [-0.4, -0.2) is 42.9 Å². The van der Waals surface area contributed by atoms with Crippen molar-refractivity contribution in [1.29, 1.82) is 0 Å². The molecule has 3 aromatic carbocycles. The van der Waals surface area contributed by atoms with Crippen LogP contribution >= 0.6 is 34.5 Å². The molecular formula is C26H21Cl2N3O2S.